The van der Waals surface area contributed by atoms with Crippen molar-refractivity contribution in [3.63, 3.8) is 0 Å². The largest absolute Gasteiger partial charge is 0.306 e. The van der Waals surface area contributed by atoms with Crippen molar-refractivity contribution in [2.24, 2.45) is 5.41 Å². The first-order chi connectivity index (χ1) is 4.16. The molecule has 0 bridgehead atoms. The summed E-state index contributed by atoms with van der Waals surface area (Å²) in [6, 6.07) is 0. The van der Waals surface area contributed by atoms with Crippen LogP contribution in [0, 0.1) is 5.41 Å². The van der Waals surface area contributed by atoms with Gasteiger partial charge in [-0.3, -0.25) is 0 Å². The summed E-state index contributed by atoms with van der Waals surface area (Å²) in [5, 5.41) is 0. The van der Waals surface area contributed by atoms with Gasteiger partial charge in [-0.15, -0.1) is 0 Å². The van der Waals surface area contributed by atoms with Crippen molar-refractivity contribution in [2.45, 2.75) is 26.7 Å². The average molecular weight is 127 g/mol. The van der Waals surface area contributed by atoms with Crippen molar-refractivity contribution in [2.75, 3.05) is 20.1 Å². The van der Waals surface area contributed by atoms with Gasteiger partial charge in [0.2, 0.25) is 0 Å². The molecule has 54 valence electrons. The number of likely N-dealkylation sites (tertiary alicyclic amines) is 1. The summed E-state index contributed by atoms with van der Waals surface area (Å²) in [4.78, 5) is 2.42. The highest BCUT2D eigenvalue weighted by Gasteiger charge is 2.29. The molecule has 9 heavy (non-hydrogen) atoms. The minimum atomic E-state index is 0.634. The molecule has 1 fully saturated rings. The number of hydrogen-bond acceptors (Lipinski definition) is 1. The molecule has 1 nitrogen and oxygen atoms in total. The number of hydrogen-bond donors (Lipinski definition) is 0. The molecule has 0 aromatic heterocycles. The fourth-order valence-corrected chi connectivity index (χ4v) is 1.56. The van der Waals surface area contributed by atoms with Crippen molar-refractivity contribution in [3.8, 4) is 0 Å². The topological polar surface area (TPSA) is 3.24 Å². The summed E-state index contributed by atoms with van der Waals surface area (Å²) in [5.74, 6) is 0. The second-order valence-electron chi connectivity index (χ2n) is 3.65. The van der Waals surface area contributed by atoms with Gasteiger partial charge in [-0.25, -0.2) is 0 Å². The second kappa shape index (κ2) is 2.30. The third kappa shape index (κ3) is 1.45. The Labute approximate surface area is 58.0 Å². The summed E-state index contributed by atoms with van der Waals surface area (Å²) in [5.41, 5.74) is 0.634. The van der Waals surface area contributed by atoms with Gasteiger partial charge in [-0.1, -0.05) is 13.8 Å². The first-order valence-electron chi connectivity index (χ1n) is 3.85. The van der Waals surface area contributed by atoms with Gasteiger partial charge in [0.05, 0.1) is 0 Å². The smallest absolute Gasteiger partial charge is 0.00327 e. The maximum Gasteiger partial charge on any atom is 0.00327 e. The van der Waals surface area contributed by atoms with Crippen LogP contribution in [0.3, 0.4) is 0 Å². The van der Waals surface area contributed by atoms with Crippen LogP contribution in [0.4, 0.5) is 0 Å². The van der Waals surface area contributed by atoms with Crippen LogP contribution in [0.2, 0.25) is 0 Å². The molecule has 0 N–H and O–H groups in total. The van der Waals surface area contributed by atoms with Crippen molar-refractivity contribution >= 4 is 0 Å². The second-order valence-corrected chi connectivity index (χ2v) is 3.65. The van der Waals surface area contributed by atoms with Gasteiger partial charge < -0.3 is 4.90 Å². The minimum absolute atomic E-state index is 0.634. The van der Waals surface area contributed by atoms with Crippen LogP contribution in [-0.2, 0) is 0 Å². The van der Waals surface area contributed by atoms with Gasteiger partial charge in [0, 0.05) is 6.54 Å². The Kier molecular flexibility index (Phi) is 1.80. The van der Waals surface area contributed by atoms with Crippen LogP contribution in [0.15, 0.2) is 0 Å². The Morgan fingerprint density at radius 1 is 1.56 bits per heavy atom. The van der Waals surface area contributed by atoms with E-state index in [9.17, 15) is 0 Å². The van der Waals surface area contributed by atoms with E-state index in [4.69, 9.17) is 0 Å². The molecule has 0 amide bonds. The van der Waals surface area contributed by atoms with Crippen molar-refractivity contribution in [1.82, 2.24) is 4.90 Å². The van der Waals surface area contributed by atoms with Crippen LogP contribution in [-0.4, -0.2) is 25.0 Å². The predicted molar refractivity (Wildman–Crippen MR) is 40.5 cm³/mol. The molecule has 1 rings (SSSR count). The Hall–Kier alpha value is -0.0400. The molecule has 0 saturated carbocycles. The molecule has 1 heteroatoms. The molecule has 1 heterocycles. The molecule has 0 unspecified atom stereocenters. The zero-order valence-corrected chi connectivity index (χ0v) is 6.78. The fraction of sp³-hybridized carbons (Fsp3) is 1.00. The van der Waals surface area contributed by atoms with Crippen LogP contribution in [0.25, 0.3) is 0 Å². The lowest BCUT2D eigenvalue weighted by Gasteiger charge is -2.20. The van der Waals surface area contributed by atoms with Crippen LogP contribution < -0.4 is 0 Å². The van der Waals surface area contributed by atoms with Crippen LogP contribution >= 0.6 is 0 Å². The first-order valence-corrected chi connectivity index (χ1v) is 3.85. The summed E-state index contributed by atoms with van der Waals surface area (Å²) in [6.45, 7) is 7.27. The minimum Gasteiger partial charge on any atom is -0.306 e. The molecule has 1 aliphatic rings. The zero-order valence-electron chi connectivity index (χ0n) is 6.78. The predicted octanol–water partition coefficient (Wildman–Crippen LogP) is 1.74. The van der Waals surface area contributed by atoms with Gasteiger partial charge in [0.15, 0.2) is 0 Å². The molecule has 1 aliphatic heterocycles. The fourth-order valence-electron chi connectivity index (χ4n) is 1.56. The first kappa shape index (κ1) is 7.07. The van der Waals surface area contributed by atoms with E-state index < -0.39 is 0 Å². The van der Waals surface area contributed by atoms with Crippen molar-refractivity contribution in [1.29, 1.82) is 0 Å². The van der Waals surface area contributed by atoms with Gasteiger partial charge in [-0.2, -0.15) is 0 Å². The quantitative estimate of drug-likeness (QED) is 0.518. The molecule has 1 atom stereocenters. The number of nitrogens with zero attached hydrogens (tertiary/aromatic N) is 1. The average Bonchev–Trinajstić information content (AvgIpc) is 2.13. The highest BCUT2D eigenvalue weighted by atomic mass is 15.1. The molecule has 0 aliphatic carbocycles. The summed E-state index contributed by atoms with van der Waals surface area (Å²) < 4.78 is 0. The number of rotatable bonds is 1. The zero-order chi connectivity index (χ0) is 6.91. The van der Waals surface area contributed by atoms with E-state index in [1.165, 1.54) is 25.9 Å². The van der Waals surface area contributed by atoms with Crippen molar-refractivity contribution in [3.05, 3.63) is 0 Å². The highest BCUT2D eigenvalue weighted by Crippen LogP contribution is 2.31. The lowest BCUT2D eigenvalue weighted by molar-refractivity contribution is 0.300. The normalized spacial score (nSPS) is 37.7. The van der Waals surface area contributed by atoms with E-state index >= 15 is 0 Å². The van der Waals surface area contributed by atoms with Crippen molar-refractivity contribution < 1.29 is 0 Å². The standard InChI is InChI=1S/C8H17N/c1-4-8(2)5-6-9(3)7-8/h4-7H2,1-3H3/t8-/m1/s1. The Morgan fingerprint density at radius 2 is 2.22 bits per heavy atom. The van der Waals surface area contributed by atoms with E-state index in [-0.39, 0.29) is 0 Å². The monoisotopic (exact) mass is 127 g/mol. The van der Waals surface area contributed by atoms with E-state index in [2.05, 4.69) is 25.8 Å². The molecule has 0 aromatic rings. The van der Waals surface area contributed by atoms with Gasteiger partial charge in [-0.05, 0) is 31.8 Å². The van der Waals surface area contributed by atoms with E-state index in [0.29, 0.717) is 5.41 Å². The van der Waals surface area contributed by atoms with Crippen LogP contribution in [0.5, 0.6) is 0 Å². The summed E-state index contributed by atoms with van der Waals surface area (Å²) >= 11 is 0. The van der Waals surface area contributed by atoms with Gasteiger partial charge in [0.1, 0.15) is 0 Å². The lowest BCUT2D eigenvalue weighted by atomic mass is 9.87. The van der Waals surface area contributed by atoms with E-state index in [0.717, 1.165) is 0 Å². The highest BCUT2D eigenvalue weighted by molar-refractivity contribution is 4.83. The molecular formula is C8H17N. The maximum absolute atomic E-state index is 2.42. The third-order valence-corrected chi connectivity index (χ3v) is 2.60. The maximum atomic E-state index is 2.42. The SMILES string of the molecule is CC[C@]1(C)CCN(C)C1. The Morgan fingerprint density at radius 3 is 2.44 bits per heavy atom. The molecular weight excluding hydrogens is 110 g/mol. The summed E-state index contributed by atoms with van der Waals surface area (Å²) in [7, 11) is 2.21. The summed E-state index contributed by atoms with van der Waals surface area (Å²) in [6.07, 6.45) is 2.72. The molecule has 0 aromatic carbocycles. The lowest BCUT2D eigenvalue weighted by Crippen LogP contribution is -2.20. The molecule has 0 spiro atoms. The Bertz CT molecular complexity index is 101. The molecule has 0 radical (unpaired) electrons. The van der Waals surface area contributed by atoms with Gasteiger partial charge >= 0.3 is 0 Å². The van der Waals surface area contributed by atoms with Gasteiger partial charge in [0.25, 0.3) is 0 Å². The molecule has 1 saturated heterocycles. The van der Waals surface area contributed by atoms with E-state index in [1.54, 1.807) is 0 Å². The third-order valence-electron chi connectivity index (χ3n) is 2.60. The van der Waals surface area contributed by atoms with E-state index in [1.807, 2.05) is 0 Å². The Balaban J connectivity index is 2.45. The van der Waals surface area contributed by atoms with Crippen LogP contribution in [0.1, 0.15) is 26.7 Å².